The van der Waals surface area contributed by atoms with Crippen LogP contribution in [0.5, 0.6) is 0 Å². The Hall–Kier alpha value is -0.770. The molecule has 0 saturated carbocycles. The Morgan fingerprint density at radius 2 is 1.79 bits per heavy atom. The van der Waals surface area contributed by atoms with E-state index < -0.39 is 0 Å². The molecule has 1 unspecified atom stereocenters. The highest BCUT2D eigenvalue weighted by Crippen LogP contribution is 2.18. The molecule has 1 atom stereocenters. The fraction of sp³-hybridized carbons (Fsp3) is 0.933. The smallest absolute Gasteiger partial charge is 0.156 e. The zero-order valence-electron chi connectivity index (χ0n) is 12.5. The van der Waals surface area contributed by atoms with Gasteiger partial charge in [0.15, 0.2) is 5.84 Å². The molecule has 0 bridgehead atoms. The van der Waals surface area contributed by atoms with Gasteiger partial charge in [-0.3, -0.25) is 4.90 Å². The van der Waals surface area contributed by atoms with Crippen LogP contribution in [0.25, 0.3) is 0 Å². The summed E-state index contributed by atoms with van der Waals surface area (Å²) in [6.45, 7) is 4.45. The molecule has 1 aliphatic heterocycles. The molecule has 4 nitrogen and oxygen atoms in total. The van der Waals surface area contributed by atoms with Gasteiger partial charge in [0, 0.05) is 0 Å². The van der Waals surface area contributed by atoms with Crippen molar-refractivity contribution in [1.82, 2.24) is 4.90 Å². The van der Waals surface area contributed by atoms with Crippen molar-refractivity contribution in [1.29, 1.82) is 0 Å². The largest absolute Gasteiger partial charge is 0.409 e. The first-order valence-corrected chi connectivity index (χ1v) is 8.01. The minimum atomic E-state index is 0.176. The van der Waals surface area contributed by atoms with E-state index in [1.54, 1.807) is 0 Å². The first kappa shape index (κ1) is 16.3. The van der Waals surface area contributed by atoms with Crippen molar-refractivity contribution in [3.05, 3.63) is 0 Å². The van der Waals surface area contributed by atoms with E-state index in [1.807, 2.05) is 0 Å². The van der Waals surface area contributed by atoms with Crippen LogP contribution in [0.3, 0.4) is 0 Å². The third-order valence-corrected chi connectivity index (χ3v) is 4.12. The summed E-state index contributed by atoms with van der Waals surface area (Å²) in [6, 6.07) is 0.176. The average molecular weight is 269 g/mol. The summed E-state index contributed by atoms with van der Waals surface area (Å²) >= 11 is 0. The van der Waals surface area contributed by atoms with E-state index in [2.05, 4.69) is 17.0 Å². The summed E-state index contributed by atoms with van der Waals surface area (Å²) in [5, 5.41) is 11.9. The van der Waals surface area contributed by atoms with Crippen LogP contribution in [0.2, 0.25) is 0 Å². The monoisotopic (exact) mass is 269 g/mol. The van der Waals surface area contributed by atoms with Crippen molar-refractivity contribution in [3.8, 4) is 0 Å². The van der Waals surface area contributed by atoms with Crippen LogP contribution in [-0.2, 0) is 0 Å². The minimum absolute atomic E-state index is 0.176. The second-order valence-corrected chi connectivity index (χ2v) is 5.69. The highest BCUT2D eigenvalue weighted by Gasteiger charge is 2.27. The van der Waals surface area contributed by atoms with E-state index in [-0.39, 0.29) is 6.04 Å². The minimum Gasteiger partial charge on any atom is -0.409 e. The number of rotatable bonds is 10. The van der Waals surface area contributed by atoms with Gasteiger partial charge < -0.3 is 10.9 Å². The van der Waals surface area contributed by atoms with Crippen molar-refractivity contribution in [2.45, 2.75) is 77.2 Å². The van der Waals surface area contributed by atoms with Crippen LogP contribution < -0.4 is 5.73 Å². The van der Waals surface area contributed by atoms with Crippen molar-refractivity contribution in [2.75, 3.05) is 13.1 Å². The standard InChI is InChI=1S/C15H31N3O/c1-2-3-4-5-6-7-8-9-12-18-13-10-11-14(18)15(16)17-19/h14,19H,2-13H2,1H3,(H2,16,17). The fourth-order valence-electron chi connectivity index (χ4n) is 2.94. The molecule has 112 valence electrons. The number of amidine groups is 1. The van der Waals surface area contributed by atoms with Gasteiger partial charge >= 0.3 is 0 Å². The molecule has 0 radical (unpaired) electrons. The van der Waals surface area contributed by atoms with Crippen molar-refractivity contribution >= 4 is 5.84 Å². The molecule has 0 aliphatic carbocycles. The molecule has 0 aromatic carbocycles. The van der Waals surface area contributed by atoms with Gasteiger partial charge in [0.1, 0.15) is 0 Å². The lowest BCUT2D eigenvalue weighted by Crippen LogP contribution is -2.40. The molecular formula is C15H31N3O. The van der Waals surface area contributed by atoms with E-state index in [9.17, 15) is 0 Å². The summed E-state index contributed by atoms with van der Waals surface area (Å²) in [5.74, 6) is 0.386. The Labute approximate surface area is 118 Å². The summed E-state index contributed by atoms with van der Waals surface area (Å²) < 4.78 is 0. The molecule has 1 rings (SSSR count). The second kappa shape index (κ2) is 10.1. The number of likely N-dealkylation sites (tertiary alicyclic amines) is 1. The Balaban J connectivity index is 2.02. The highest BCUT2D eigenvalue weighted by molar-refractivity contribution is 5.85. The van der Waals surface area contributed by atoms with Gasteiger partial charge in [-0.25, -0.2) is 0 Å². The number of nitrogens with two attached hydrogens (primary N) is 1. The van der Waals surface area contributed by atoms with E-state index in [0.29, 0.717) is 5.84 Å². The van der Waals surface area contributed by atoms with Crippen LogP contribution in [0.15, 0.2) is 5.16 Å². The summed E-state index contributed by atoms with van der Waals surface area (Å²) in [5.41, 5.74) is 5.73. The Morgan fingerprint density at radius 1 is 1.16 bits per heavy atom. The van der Waals surface area contributed by atoms with Gasteiger partial charge in [0.25, 0.3) is 0 Å². The van der Waals surface area contributed by atoms with Gasteiger partial charge in [-0.05, 0) is 32.4 Å². The van der Waals surface area contributed by atoms with E-state index in [4.69, 9.17) is 10.9 Å². The van der Waals surface area contributed by atoms with Crippen LogP contribution in [0, 0.1) is 0 Å². The topological polar surface area (TPSA) is 61.8 Å². The maximum absolute atomic E-state index is 8.76. The Morgan fingerprint density at radius 3 is 2.42 bits per heavy atom. The van der Waals surface area contributed by atoms with E-state index >= 15 is 0 Å². The van der Waals surface area contributed by atoms with Crippen molar-refractivity contribution < 1.29 is 5.21 Å². The molecule has 0 aromatic heterocycles. The zero-order valence-corrected chi connectivity index (χ0v) is 12.5. The third kappa shape index (κ3) is 6.28. The predicted molar refractivity (Wildman–Crippen MR) is 80.6 cm³/mol. The number of nitrogens with zero attached hydrogens (tertiary/aromatic N) is 2. The van der Waals surface area contributed by atoms with E-state index in [0.717, 1.165) is 25.9 Å². The lowest BCUT2D eigenvalue weighted by molar-refractivity contribution is 0.275. The molecular weight excluding hydrogens is 238 g/mol. The molecule has 0 aromatic rings. The molecule has 3 N–H and O–H groups in total. The maximum atomic E-state index is 8.76. The van der Waals surface area contributed by atoms with Crippen LogP contribution in [-0.4, -0.2) is 35.1 Å². The first-order valence-electron chi connectivity index (χ1n) is 8.01. The van der Waals surface area contributed by atoms with Crippen LogP contribution in [0.1, 0.15) is 71.1 Å². The number of hydrogen-bond acceptors (Lipinski definition) is 3. The van der Waals surface area contributed by atoms with Crippen LogP contribution in [0.4, 0.5) is 0 Å². The quantitative estimate of drug-likeness (QED) is 0.210. The van der Waals surface area contributed by atoms with Gasteiger partial charge in [-0.1, -0.05) is 57.0 Å². The molecule has 4 heteroatoms. The molecule has 1 fully saturated rings. The molecule has 0 amide bonds. The number of oxime groups is 1. The summed E-state index contributed by atoms with van der Waals surface area (Å²) in [6.07, 6.45) is 13.0. The Kier molecular flexibility index (Phi) is 8.63. The lowest BCUT2D eigenvalue weighted by atomic mass is 10.1. The predicted octanol–water partition coefficient (Wildman–Crippen LogP) is 3.34. The molecule has 0 spiro atoms. The molecule has 1 saturated heterocycles. The normalized spacial score (nSPS) is 21.1. The summed E-state index contributed by atoms with van der Waals surface area (Å²) in [4.78, 5) is 2.37. The molecule has 19 heavy (non-hydrogen) atoms. The van der Waals surface area contributed by atoms with Crippen molar-refractivity contribution in [3.63, 3.8) is 0 Å². The molecule has 1 aliphatic rings. The molecule has 1 heterocycles. The van der Waals surface area contributed by atoms with Crippen molar-refractivity contribution in [2.24, 2.45) is 10.9 Å². The van der Waals surface area contributed by atoms with Crippen LogP contribution >= 0.6 is 0 Å². The average Bonchev–Trinajstić information content (AvgIpc) is 2.89. The van der Waals surface area contributed by atoms with Gasteiger partial charge in [0.2, 0.25) is 0 Å². The Bertz CT molecular complexity index is 256. The zero-order chi connectivity index (χ0) is 13.9. The SMILES string of the molecule is CCCCCCCCCCN1CCCC1C(N)=NO. The highest BCUT2D eigenvalue weighted by atomic mass is 16.4. The third-order valence-electron chi connectivity index (χ3n) is 4.12. The van der Waals surface area contributed by atoms with Gasteiger partial charge in [-0.15, -0.1) is 0 Å². The second-order valence-electron chi connectivity index (χ2n) is 5.69. The van der Waals surface area contributed by atoms with Gasteiger partial charge in [-0.2, -0.15) is 0 Å². The lowest BCUT2D eigenvalue weighted by Gasteiger charge is -2.23. The van der Waals surface area contributed by atoms with Gasteiger partial charge in [0.05, 0.1) is 6.04 Å². The number of hydrogen-bond donors (Lipinski definition) is 2. The maximum Gasteiger partial charge on any atom is 0.156 e. The fourth-order valence-corrected chi connectivity index (χ4v) is 2.94. The first-order chi connectivity index (χ1) is 9.29. The summed E-state index contributed by atoms with van der Waals surface area (Å²) in [7, 11) is 0. The van der Waals surface area contributed by atoms with E-state index in [1.165, 1.54) is 51.4 Å². The number of unbranched alkanes of at least 4 members (excludes halogenated alkanes) is 7.